The summed E-state index contributed by atoms with van der Waals surface area (Å²) in [6, 6.07) is 5.18. The Bertz CT molecular complexity index is 861. The Morgan fingerprint density at radius 3 is 2.58 bits per heavy atom. The van der Waals surface area contributed by atoms with E-state index in [1.54, 1.807) is 11.0 Å². The fraction of sp³-hybridized carbons (Fsp3) is 0.333. The molecule has 1 aliphatic carbocycles. The van der Waals surface area contributed by atoms with Crippen molar-refractivity contribution < 1.29 is 13.2 Å². The monoisotopic (exact) mass is 361 g/mol. The van der Waals surface area contributed by atoms with Crippen molar-refractivity contribution in [2.45, 2.75) is 18.4 Å². The van der Waals surface area contributed by atoms with Gasteiger partial charge in [-0.25, -0.2) is 18.2 Å². The highest BCUT2D eigenvalue weighted by atomic mass is 19.1. The van der Waals surface area contributed by atoms with Crippen LogP contribution in [-0.4, -0.2) is 40.9 Å². The lowest BCUT2D eigenvalue weighted by Crippen LogP contribution is -2.57. The quantitative estimate of drug-likeness (QED) is 0.490. The van der Waals surface area contributed by atoms with Gasteiger partial charge < -0.3 is 15.5 Å². The van der Waals surface area contributed by atoms with E-state index in [0.717, 1.165) is 25.1 Å². The van der Waals surface area contributed by atoms with E-state index in [9.17, 15) is 13.2 Å². The molecule has 0 radical (unpaired) electrons. The van der Waals surface area contributed by atoms with E-state index in [4.69, 9.17) is 11.1 Å². The van der Waals surface area contributed by atoms with Crippen molar-refractivity contribution in [3.8, 4) is 0 Å². The summed E-state index contributed by atoms with van der Waals surface area (Å²) < 4.78 is 41.4. The predicted molar refractivity (Wildman–Crippen MR) is 92.7 cm³/mol. The van der Waals surface area contributed by atoms with E-state index in [1.807, 2.05) is 4.90 Å². The van der Waals surface area contributed by atoms with Gasteiger partial charge in [-0.15, -0.1) is 0 Å². The maximum Gasteiger partial charge on any atom is 0.168 e. The van der Waals surface area contributed by atoms with E-state index in [-0.39, 0.29) is 28.4 Å². The summed E-state index contributed by atoms with van der Waals surface area (Å²) in [5.41, 5.74) is 5.83. The number of piperazine rings is 1. The SMILES string of the molecule is N=C(c1c(N)cccc1F)N1CCN(c2ncc(F)cc2F)CC12CC2. The van der Waals surface area contributed by atoms with E-state index in [1.165, 1.54) is 12.1 Å². The van der Waals surface area contributed by atoms with Crippen LogP contribution in [0.3, 0.4) is 0 Å². The smallest absolute Gasteiger partial charge is 0.168 e. The zero-order valence-corrected chi connectivity index (χ0v) is 14.0. The molecule has 2 aliphatic rings. The van der Waals surface area contributed by atoms with E-state index in [0.29, 0.717) is 19.6 Å². The summed E-state index contributed by atoms with van der Waals surface area (Å²) in [4.78, 5) is 7.48. The third-order valence-electron chi connectivity index (χ3n) is 5.12. The number of rotatable bonds is 2. The highest BCUT2D eigenvalue weighted by Gasteiger charge is 2.53. The minimum atomic E-state index is -0.720. The molecule has 3 N–H and O–H groups in total. The molecule has 4 rings (SSSR count). The number of benzene rings is 1. The number of amidine groups is 1. The molecule has 136 valence electrons. The summed E-state index contributed by atoms with van der Waals surface area (Å²) in [6.07, 6.45) is 2.61. The fourth-order valence-corrected chi connectivity index (χ4v) is 3.65. The molecular weight excluding hydrogens is 343 g/mol. The van der Waals surface area contributed by atoms with Crippen molar-refractivity contribution in [3.63, 3.8) is 0 Å². The molecule has 0 amide bonds. The first kappa shape index (κ1) is 16.7. The van der Waals surface area contributed by atoms with Crippen molar-refractivity contribution in [2.75, 3.05) is 30.3 Å². The molecule has 1 spiro atoms. The zero-order valence-electron chi connectivity index (χ0n) is 14.0. The van der Waals surface area contributed by atoms with Crippen molar-refractivity contribution in [2.24, 2.45) is 0 Å². The van der Waals surface area contributed by atoms with Crippen LogP contribution in [-0.2, 0) is 0 Å². The lowest BCUT2D eigenvalue weighted by Gasteiger charge is -2.44. The molecule has 0 atom stereocenters. The van der Waals surface area contributed by atoms with Crippen molar-refractivity contribution in [3.05, 3.63) is 53.5 Å². The normalized spacial score (nSPS) is 18.3. The third kappa shape index (κ3) is 2.65. The summed E-state index contributed by atoms with van der Waals surface area (Å²) in [5, 5.41) is 8.49. The Hall–Kier alpha value is -2.77. The molecule has 2 aromatic rings. The molecule has 26 heavy (non-hydrogen) atoms. The van der Waals surface area contributed by atoms with Gasteiger partial charge in [0, 0.05) is 31.4 Å². The summed E-state index contributed by atoms with van der Waals surface area (Å²) >= 11 is 0. The molecule has 1 saturated carbocycles. The lowest BCUT2D eigenvalue weighted by atomic mass is 10.0. The first-order valence-electron chi connectivity index (χ1n) is 8.38. The molecule has 1 aliphatic heterocycles. The largest absolute Gasteiger partial charge is 0.398 e. The van der Waals surface area contributed by atoms with Gasteiger partial charge >= 0.3 is 0 Å². The molecule has 1 aromatic carbocycles. The van der Waals surface area contributed by atoms with Crippen LogP contribution in [0, 0.1) is 22.9 Å². The fourth-order valence-electron chi connectivity index (χ4n) is 3.65. The van der Waals surface area contributed by atoms with E-state index >= 15 is 0 Å². The Balaban J connectivity index is 1.60. The first-order chi connectivity index (χ1) is 12.4. The third-order valence-corrected chi connectivity index (χ3v) is 5.12. The second-order valence-corrected chi connectivity index (χ2v) is 6.81. The maximum absolute atomic E-state index is 14.2. The van der Waals surface area contributed by atoms with Crippen LogP contribution in [0.1, 0.15) is 18.4 Å². The molecule has 8 heteroatoms. The van der Waals surface area contributed by atoms with Gasteiger partial charge in [-0.05, 0) is 25.0 Å². The minimum Gasteiger partial charge on any atom is -0.398 e. The van der Waals surface area contributed by atoms with Crippen LogP contribution >= 0.6 is 0 Å². The van der Waals surface area contributed by atoms with Crippen molar-refractivity contribution in [1.82, 2.24) is 9.88 Å². The molecule has 0 unspecified atom stereocenters. The molecule has 2 heterocycles. The molecular formula is C18H18F3N5. The van der Waals surface area contributed by atoms with Gasteiger partial charge in [0.1, 0.15) is 17.5 Å². The molecule has 1 saturated heterocycles. The Labute approximate surface area is 148 Å². The number of anilines is 2. The number of nitrogens with two attached hydrogens (primary N) is 1. The number of aromatic nitrogens is 1. The van der Waals surface area contributed by atoms with Gasteiger partial charge in [0.15, 0.2) is 11.6 Å². The van der Waals surface area contributed by atoms with Gasteiger partial charge in [0.2, 0.25) is 0 Å². The van der Waals surface area contributed by atoms with E-state index < -0.39 is 17.5 Å². The van der Waals surface area contributed by atoms with Gasteiger partial charge in [-0.3, -0.25) is 5.41 Å². The number of nitrogens with zero attached hydrogens (tertiary/aromatic N) is 3. The van der Waals surface area contributed by atoms with Gasteiger partial charge in [0.05, 0.1) is 17.3 Å². The Morgan fingerprint density at radius 2 is 1.92 bits per heavy atom. The van der Waals surface area contributed by atoms with Crippen LogP contribution in [0.5, 0.6) is 0 Å². The lowest BCUT2D eigenvalue weighted by molar-refractivity contribution is 0.257. The minimum absolute atomic E-state index is 0.0466. The second kappa shape index (κ2) is 5.89. The van der Waals surface area contributed by atoms with Crippen LogP contribution in [0.2, 0.25) is 0 Å². The number of hydrogen-bond acceptors (Lipinski definition) is 4. The van der Waals surface area contributed by atoms with Crippen molar-refractivity contribution in [1.29, 1.82) is 5.41 Å². The van der Waals surface area contributed by atoms with Crippen LogP contribution in [0.4, 0.5) is 24.7 Å². The van der Waals surface area contributed by atoms with Crippen LogP contribution in [0.25, 0.3) is 0 Å². The summed E-state index contributed by atoms with van der Waals surface area (Å²) in [6.45, 7) is 1.25. The topological polar surface area (TPSA) is 69.2 Å². The Kier molecular flexibility index (Phi) is 3.78. The average molecular weight is 361 g/mol. The van der Waals surface area contributed by atoms with E-state index in [2.05, 4.69) is 4.98 Å². The zero-order chi connectivity index (χ0) is 18.5. The van der Waals surface area contributed by atoms with Crippen molar-refractivity contribution >= 4 is 17.3 Å². The molecule has 1 aromatic heterocycles. The Morgan fingerprint density at radius 1 is 1.15 bits per heavy atom. The van der Waals surface area contributed by atoms with Crippen LogP contribution in [0.15, 0.2) is 30.5 Å². The molecule has 2 fully saturated rings. The van der Waals surface area contributed by atoms with Gasteiger partial charge in [0.25, 0.3) is 0 Å². The second-order valence-electron chi connectivity index (χ2n) is 6.81. The van der Waals surface area contributed by atoms with Gasteiger partial charge in [-0.1, -0.05) is 6.07 Å². The first-order valence-corrected chi connectivity index (χ1v) is 8.38. The highest BCUT2D eigenvalue weighted by molar-refractivity contribution is 6.02. The average Bonchev–Trinajstić information content (AvgIpc) is 3.34. The standard InChI is InChI=1S/C18H18F3N5/c19-11-8-13(21)17(24-9-11)25-6-7-26(18(10-25)4-5-18)16(23)15-12(20)2-1-3-14(15)22/h1-3,8-9,23H,4-7,10,22H2. The highest BCUT2D eigenvalue weighted by Crippen LogP contribution is 2.46. The maximum atomic E-state index is 14.2. The molecule has 5 nitrogen and oxygen atoms in total. The predicted octanol–water partition coefficient (Wildman–Crippen LogP) is 2.76. The summed E-state index contributed by atoms with van der Waals surface area (Å²) in [5.74, 6) is -1.80. The van der Waals surface area contributed by atoms with Gasteiger partial charge in [-0.2, -0.15) is 0 Å². The molecule has 0 bridgehead atoms. The summed E-state index contributed by atoms with van der Waals surface area (Å²) in [7, 11) is 0. The van der Waals surface area contributed by atoms with Crippen LogP contribution < -0.4 is 10.6 Å². The number of nitrogen functional groups attached to an aromatic ring is 1. The number of nitrogens with one attached hydrogen (secondary N) is 1. The number of halogens is 3. The number of pyridine rings is 1. The number of hydrogen-bond donors (Lipinski definition) is 2.